The first-order valence-electron chi connectivity index (χ1n) is 17.5. The Morgan fingerprint density at radius 1 is 0.479 bits per heavy atom. The molecule has 4 aliphatic carbocycles. The van der Waals surface area contributed by atoms with Crippen LogP contribution in [0, 0.1) is 17.8 Å². The normalized spacial score (nSPS) is 22.5. The van der Waals surface area contributed by atoms with Crippen LogP contribution in [0.5, 0.6) is 0 Å². The maximum Gasteiger partial charge on any atom is 0.0554 e. The minimum atomic E-state index is 0.412. The van der Waals surface area contributed by atoms with Gasteiger partial charge in [0.25, 0.3) is 0 Å². The predicted molar refractivity (Wildman–Crippen MR) is 204 cm³/mol. The molecule has 0 saturated heterocycles. The van der Waals surface area contributed by atoms with Gasteiger partial charge in [-0.05, 0) is 134 Å². The molecule has 3 heteroatoms. The minimum absolute atomic E-state index is 0.412. The van der Waals surface area contributed by atoms with Crippen molar-refractivity contribution in [2.75, 3.05) is 9.80 Å². The number of rotatable bonds is 7. The van der Waals surface area contributed by atoms with Crippen LogP contribution in [0.15, 0.2) is 152 Å². The lowest BCUT2D eigenvalue weighted by molar-refractivity contribution is 0.229. The molecule has 1 aromatic heterocycles. The average Bonchev–Trinajstić information content (AvgIpc) is 3.74. The Kier molecular flexibility index (Phi) is 6.52. The Balaban J connectivity index is 1.10. The first kappa shape index (κ1) is 28.2. The molecule has 0 aliphatic heterocycles. The molecule has 0 amide bonds. The van der Waals surface area contributed by atoms with Gasteiger partial charge >= 0.3 is 0 Å². The smallest absolute Gasteiger partial charge is 0.0554 e. The van der Waals surface area contributed by atoms with Crippen molar-refractivity contribution >= 4 is 65.6 Å². The first-order chi connectivity index (χ1) is 23.7. The van der Waals surface area contributed by atoms with Crippen molar-refractivity contribution in [1.29, 1.82) is 0 Å². The molecule has 4 aliphatic rings. The number of nitrogens with zero attached hydrogens (tertiary/aromatic N) is 2. The van der Waals surface area contributed by atoms with Gasteiger partial charge in [-0.2, -0.15) is 0 Å². The molecule has 4 fully saturated rings. The van der Waals surface area contributed by atoms with Crippen LogP contribution in [0.25, 0.3) is 20.2 Å². The van der Waals surface area contributed by atoms with Crippen molar-refractivity contribution in [2.24, 2.45) is 17.8 Å². The molecular weight excluding hydrogens is 601 g/mol. The molecule has 6 aromatic carbocycles. The highest BCUT2D eigenvalue weighted by Crippen LogP contribution is 2.64. The molecule has 1 heterocycles. The zero-order valence-corrected chi connectivity index (χ0v) is 27.8. The summed E-state index contributed by atoms with van der Waals surface area (Å²) in [6, 6.07) is 55.9. The highest BCUT2D eigenvalue weighted by Gasteiger charge is 2.56. The number of anilines is 6. The summed E-state index contributed by atoms with van der Waals surface area (Å²) in [5.74, 6) is 2.89. The zero-order chi connectivity index (χ0) is 31.7. The van der Waals surface area contributed by atoms with E-state index < -0.39 is 0 Å². The highest BCUT2D eigenvalue weighted by molar-refractivity contribution is 7.26. The summed E-state index contributed by atoms with van der Waals surface area (Å²) in [5.41, 5.74) is 8.97. The van der Waals surface area contributed by atoms with Gasteiger partial charge in [0.05, 0.1) is 5.69 Å². The molecule has 7 aromatic rings. The Morgan fingerprint density at radius 3 is 1.75 bits per heavy atom. The van der Waals surface area contributed by atoms with Gasteiger partial charge in [-0.3, -0.25) is 0 Å². The monoisotopic (exact) mass is 638 g/mol. The van der Waals surface area contributed by atoms with Crippen molar-refractivity contribution in [3.63, 3.8) is 0 Å². The van der Waals surface area contributed by atoms with E-state index in [0.717, 1.165) is 40.5 Å². The molecular formula is C45H38N2S. The number of benzene rings is 6. The fourth-order valence-corrected chi connectivity index (χ4v) is 11.0. The second-order valence-corrected chi connectivity index (χ2v) is 15.5. The maximum atomic E-state index is 2.46. The largest absolute Gasteiger partial charge is 0.310 e. The predicted octanol–water partition coefficient (Wildman–Crippen LogP) is 13.1. The fourth-order valence-electron chi connectivity index (χ4n) is 9.87. The van der Waals surface area contributed by atoms with Gasteiger partial charge in [-0.1, -0.05) is 78.9 Å². The van der Waals surface area contributed by atoms with Gasteiger partial charge in [0.15, 0.2) is 0 Å². The first-order valence-corrected chi connectivity index (χ1v) is 18.4. The van der Waals surface area contributed by atoms with Crippen LogP contribution in [-0.2, 0) is 5.41 Å². The number of fused-ring (bicyclic) bond motifs is 3. The van der Waals surface area contributed by atoms with Gasteiger partial charge in [-0.15, -0.1) is 11.3 Å². The third-order valence-electron chi connectivity index (χ3n) is 11.7. The third kappa shape index (κ3) is 4.52. The second-order valence-electron chi connectivity index (χ2n) is 14.4. The Hall–Kier alpha value is -4.86. The zero-order valence-electron chi connectivity index (χ0n) is 27.0. The lowest BCUT2D eigenvalue weighted by Crippen LogP contribution is -2.31. The maximum absolute atomic E-state index is 2.46. The summed E-state index contributed by atoms with van der Waals surface area (Å²) in [7, 11) is 0. The van der Waals surface area contributed by atoms with Crippen LogP contribution in [0.3, 0.4) is 0 Å². The fraction of sp³-hybridized carbons (Fsp3) is 0.200. The summed E-state index contributed by atoms with van der Waals surface area (Å²) in [6.07, 6.45) is 7.17. The molecule has 0 radical (unpaired) electrons. The van der Waals surface area contributed by atoms with E-state index in [2.05, 4.69) is 161 Å². The molecule has 11 rings (SSSR count). The van der Waals surface area contributed by atoms with Crippen LogP contribution >= 0.6 is 11.3 Å². The highest BCUT2D eigenvalue weighted by atomic mass is 32.1. The van der Waals surface area contributed by atoms with E-state index >= 15 is 0 Å². The van der Waals surface area contributed by atoms with Crippen LogP contribution in [0.1, 0.15) is 37.7 Å². The number of para-hydroxylation sites is 2. The van der Waals surface area contributed by atoms with E-state index in [0.29, 0.717) is 5.41 Å². The SMILES string of the molecule is c1ccc(N(c2ccc(C34CC5CC(C3)C(C5)C4)cc2)c2cccc(N(c3ccccc3)c3cccc4sc5ccccc5c34)c2)cc1. The number of hydrogen-bond acceptors (Lipinski definition) is 3. The quantitative estimate of drug-likeness (QED) is 0.171. The van der Waals surface area contributed by atoms with Crippen molar-refractivity contribution < 1.29 is 0 Å². The molecule has 4 saturated carbocycles. The van der Waals surface area contributed by atoms with Gasteiger partial charge in [0, 0.05) is 48.6 Å². The molecule has 0 N–H and O–H groups in total. The Labute approximate surface area is 286 Å². The van der Waals surface area contributed by atoms with Crippen molar-refractivity contribution in [1.82, 2.24) is 0 Å². The van der Waals surface area contributed by atoms with Crippen molar-refractivity contribution in [2.45, 2.75) is 37.5 Å². The minimum Gasteiger partial charge on any atom is -0.310 e. The average molecular weight is 639 g/mol. The summed E-state index contributed by atoms with van der Waals surface area (Å²) in [4.78, 5) is 4.85. The summed E-state index contributed by atoms with van der Waals surface area (Å²) < 4.78 is 2.62. The molecule has 2 unspecified atom stereocenters. The Morgan fingerprint density at radius 2 is 1.04 bits per heavy atom. The van der Waals surface area contributed by atoms with E-state index in [1.165, 1.54) is 63.7 Å². The third-order valence-corrected chi connectivity index (χ3v) is 12.8. The van der Waals surface area contributed by atoms with Gasteiger partial charge in [-0.25, -0.2) is 0 Å². The van der Waals surface area contributed by atoms with Crippen LogP contribution in [-0.4, -0.2) is 0 Å². The van der Waals surface area contributed by atoms with Crippen LogP contribution < -0.4 is 9.80 Å². The molecule has 2 atom stereocenters. The Bertz CT molecular complexity index is 2240. The molecule has 2 nitrogen and oxygen atoms in total. The number of thiophene rings is 1. The topological polar surface area (TPSA) is 6.48 Å². The standard InChI is InChI=1S/C45H38N2S/c1-3-11-35(12-4-1)46(37-23-21-34(22-24-37)45-28-31-25-32(29-45)33(26-31)30-45)38-15-9-16-39(27-38)47(36-13-5-2-6-14-36)41-18-10-20-43-44(41)40-17-7-8-19-42(40)48-43/h1-24,27,31-33H,25-26,28-30H2. The van der Waals surface area contributed by atoms with E-state index in [9.17, 15) is 0 Å². The van der Waals surface area contributed by atoms with Gasteiger partial charge in [0.1, 0.15) is 0 Å². The van der Waals surface area contributed by atoms with E-state index in [1.54, 1.807) is 5.56 Å². The molecule has 4 bridgehead atoms. The van der Waals surface area contributed by atoms with E-state index in [1.807, 2.05) is 11.3 Å². The summed E-state index contributed by atoms with van der Waals surface area (Å²) in [6.45, 7) is 0. The molecule has 234 valence electrons. The molecule has 0 spiro atoms. The van der Waals surface area contributed by atoms with Gasteiger partial charge in [0.2, 0.25) is 0 Å². The van der Waals surface area contributed by atoms with Crippen molar-refractivity contribution in [3.05, 3.63) is 157 Å². The van der Waals surface area contributed by atoms with Crippen molar-refractivity contribution in [3.8, 4) is 0 Å². The summed E-state index contributed by atoms with van der Waals surface area (Å²) >= 11 is 1.87. The summed E-state index contributed by atoms with van der Waals surface area (Å²) in [5, 5.41) is 2.61. The van der Waals surface area contributed by atoms with E-state index in [-0.39, 0.29) is 0 Å². The lowest BCUT2D eigenvalue weighted by Gasteiger charge is -2.39. The second kappa shape index (κ2) is 11.1. The molecule has 48 heavy (non-hydrogen) atoms. The van der Waals surface area contributed by atoms with E-state index in [4.69, 9.17) is 0 Å². The van der Waals surface area contributed by atoms with Crippen LogP contribution in [0.4, 0.5) is 34.1 Å². The van der Waals surface area contributed by atoms with Crippen LogP contribution in [0.2, 0.25) is 0 Å². The lowest BCUT2D eigenvalue weighted by atomic mass is 9.66. The number of hydrogen-bond donors (Lipinski definition) is 0. The van der Waals surface area contributed by atoms with Gasteiger partial charge < -0.3 is 9.80 Å².